The fraction of sp³-hybridized carbons (Fsp3) is 0.182. The zero-order valence-electron chi connectivity index (χ0n) is 8.24. The predicted molar refractivity (Wildman–Crippen MR) is 63.6 cm³/mol. The van der Waals surface area contributed by atoms with E-state index in [1.807, 2.05) is 25.3 Å². The van der Waals surface area contributed by atoms with Gasteiger partial charge in [0, 0.05) is 31.5 Å². The third-order valence-corrected chi connectivity index (χ3v) is 3.12. The van der Waals surface area contributed by atoms with Gasteiger partial charge >= 0.3 is 0 Å². The van der Waals surface area contributed by atoms with Gasteiger partial charge in [0.05, 0.1) is 15.8 Å². The Kier molecular flexibility index (Phi) is 2.98. The number of pyridine rings is 1. The lowest BCUT2D eigenvalue weighted by molar-refractivity contribution is 0.529. The van der Waals surface area contributed by atoms with E-state index in [2.05, 4.69) is 9.88 Å². The molecule has 78 valence electrons. The van der Waals surface area contributed by atoms with Crippen LogP contribution in [0.3, 0.4) is 0 Å². The molecule has 0 aromatic carbocycles. The van der Waals surface area contributed by atoms with Gasteiger partial charge in [0.1, 0.15) is 0 Å². The van der Waals surface area contributed by atoms with Gasteiger partial charge in [-0.1, -0.05) is 23.2 Å². The van der Waals surface area contributed by atoms with E-state index in [-0.39, 0.29) is 0 Å². The van der Waals surface area contributed by atoms with Crippen LogP contribution in [-0.4, -0.2) is 23.5 Å². The van der Waals surface area contributed by atoms with Crippen LogP contribution in [0.4, 0.5) is 0 Å². The molecule has 0 unspecified atom stereocenters. The fourth-order valence-electron chi connectivity index (χ4n) is 1.54. The molecule has 0 fully saturated rings. The molecule has 1 aliphatic heterocycles. The quantitative estimate of drug-likeness (QED) is 0.751. The molecule has 4 heteroatoms. The Balaban J connectivity index is 2.51. The average Bonchev–Trinajstić information content (AvgIpc) is 2.26. The first kappa shape index (κ1) is 10.5. The first-order chi connectivity index (χ1) is 7.20. The van der Waals surface area contributed by atoms with E-state index >= 15 is 0 Å². The molecule has 0 bridgehead atoms. The van der Waals surface area contributed by atoms with Crippen molar-refractivity contribution in [3.8, 4) is 0 Å². The van der Waals surface area contributed by atoms with Crippen LogP contribution in [-0.2, 0) is 0 Å². The third-order valence-electron chi connectivity index (χ3n) is 2.30. The van der Waals surface area contributed by atoms with Crippen LogP contribution in [0.5, 0.6) is 0 Å². The van der Waals surface area contributed by atoms with E-state index in [1.54, 1.807) is 12.4 Å². The minimum Gasteiger partial charge on any atom is -0.369 e. The third kappa shape index (κ3) is 2.01. The molecule has 0 saturated heterocycles. The summed E-state index contributed by atoms with van der Waals surface area (Å²) < 4.78 is 0. The van der Waals surface area contributed by atoms with Crippen molar-refractivity contribution in [2.24, 2.45) is 0 Å². The van der Waals surface area contributed by atoms with Gasteiger partial charge in [0.25, 0.3) is 0 Å². The highest BCUT2D eigenvalue weighted by molar-refractivity contribution is 6.46. The molecule has 0 radical (unpaired) electrons. The monoisotopic (exact) mass is 240 g/mol. The molecule has 1 aromatic heterocycles. The lowest BCUT2D eigenvalue weighted by atomic mass is 10.1. The number of allylic oxidation sites excluding steroid dienone is 2. The number of nitrogens with zero attached hydrogens (tertiary/aromatic N) is 2. The van der Waals surface area contributed by atoms with Crippen LogP contribution in [0, 0.1) is 0 Å². The highest BCUT2D eigenvalue weighted by Crippen LogP contribution is 2.33. The molecule has 1 aliphatic rings. The van der Waals surface area contributed by atoms with Gasteiger partial charge < -0.3 is 4.90 Å². The van der Waals surface area contributed by atoms with Crippen LogP contribution in [0.25, 0.3) is 5.70 Å². The van der Waals surface area contributed by atoms with Crippen molar-refractivity contribution in [3.63, 3.8) is 0 Å². The normalized spacial score (nSPS) is 16.7. The lowest BCUT2D eigenvalue weighted by Gasteiger charge is -2.26. The van der Waals surface area contributed by atoms with E-state index in [0.29, 0.717) is 10.1 Å². The molecule has 2 nitrogen and oxygen atoms in total. The van der Waals surface area contributed by atoms with Crippen molar-refractivity contribution in [2.75, 3.05) is 13.6 Å². The maximum atomic E-state index is 6.18. The molecule has 0 atom stereocenters. The molecule has 2 heterocycles. The average molecular weight is 241 g/mol. The molecule has 0 aliphatic carbocycles. The SMILES string of the molecule is CN1CC=C(Cl)C(Cl)=C1c1ccncc1. The minimum atomic E-state index is 0.594. The second-order valence-electron chi connectivity index (χ2n) is 3.33. The van der Waals surface area contributed by atoms with Gasteiger partial charge in [-0.3, -0.25) is 4.98 Å². The van der Waals surface area contributed by atoms with E-state index in [4.69, 9.17) is 23.2 Å². The largest absolute Gasteiger partial charge is 0.369 e. The maximum Gasteiger partial charge on any atom is 0.0829 e. The molecule has 0 amide bonds. The Morgan fingerprint density at radius 3 is 2.60 bits per heavy atom. The van der Waals surface area contributed by atoms with Gasteiger partial charge in [-0.05, 0) is 18.2 Å². The zero-order chi connectivity index (χ0) is 10.8. The summed E-state index contributed by atoms with van der Waals surface area (Å²) in [5, 5.41) is 1.21. The van der Waals surface area contributed by atoms with Crippen molar-refractivity contribution in [1.29, 1.82) is 0 Å². The topological polar surface area (TPSA) is 16.1 Å². The summed E-state index contributed by atoms with van der Waals surface area (Å²) in [5.41, 5.74) is 1.98. The second kappa shape index (κ2) is 4.25. The smallest absolute Gasteiger partial charge is 0.0829 e. The number of hydrogen-bond acceptors (Lipinski definition) is 2. The van der Waals surface area contributed by atoms with Crippen LogP contribution < -0.4 is 0 Å². The Bertz CT molecular complexity index is 423. The number of likely N-dealkylation sites (N-methyl/N-ethyl adjacent to an activating group) is 1. The predicted octanol–water partition coefficient (Wildman–Crippen LogP) is 3.06. The molecular formula is C11H10Cl2N2. The van der Waals surface area contributed by atoms with E-state index < -0.39 is 0 Å². The fourth-order valence-corrected chi connectivity index (χ4v) is 2.02. The van der Waals surface area contributed by atoms with Crippen molar-refractivity contribution in [3.05, 3.63) is 46.2 Å². The molecular weight excluding hydrogens is 231 g/mol. The summed E-state index contributed by atoms with van der Waals surface area (Å²) in [4.78, 5) is 6.04. The maximum absolute atomic E-state index is 6.18. The number of rotatable bonds is 1. The number of aromatic nitrogens is 1. The summed E-state index contributed by atoms with van der Waals surface area (Å²) in [6.07, 6.45) is 5.38. The standard InChI is InChI=1S/C11H10Cl2N2/c1-15-7-4-9(12)10(13)11(15)8-2-5-14-6-3-8/h2-6H,7H2,1H3. The van der Waals surface area contributed by atoms with E-state index in [1.165, 1.54) is 0 Å². The summed E-state index contributed by atoms with van der Waals surface area (Å²) in [5.74, 6) is 0. The van der Waals surface area contributed by atoms with E-state index in [0.717, 1.165) is 17.8 Å². The molecule has 0 spiro atoms. The van der Waals surface area contributed by atoms with Crippen LogP contribution in [0.15, 0.2) is 40.7 Å². The molecule has 2 rings (SSSR count). The van der Waals surface area contributed by atoms with Crippen molar-refractivity contribution < 1.29 is 0 Å². The first-order valence-electron chi connectivity index (χ1n) is 4.57. The van der Waals surface area contributed by atoms with Crippen molar-refractivity contribution >= 4 is 28.9 Å². The number of hydrogen-bond donors (Lipinski definition) is 0. The Hall–Kier alpha value is -0.990. The molecule has 0 N–H and O–H groups in total. The summed E-state index contributed by atoms with van der Waals surface area (Å²) in [6, 6.07) is 3.84. The Morgan fingerprint density at radius 2 is 1.93 bits per heavy atom. The Morgan fingerprint density at radius 1 is 1.27 bits per heavy atom. The first-order valence-corrected chi connectivity index (χ1v) is 5.33. The molecule has 15 heavy (non-hydrogen) atoms. The van der Waals surface area contributed by atoms with Gasteiger partial charge in [-0.15, -0.1) is 0 Å². The highest BCUT2D eigenvalue weighted by Gasteiger charge is 2.18. The summed E-state index contributed by atoms with van der Waals surface area (Å²) in [7, 11) is 1.98. The summed E-state index contributed by atoms with van der Waals surface area (Å²) in [6.45, 7) is 0.771. The summed E-state index contributed by atoms with van der Waals surface area (Å²) >= 11 is 12.2. The van der Waals surface area contributed by atoms with Gasteiger partial charge in [-0.2, -0.15) is 0 Å². The van der Waals surface area contributed by atoms with Crippen LogP contribution in [0.1, 0.15) is 5.56 Å². The minimum absolute atomic E-state index is 0.594. The van der Waals surface area contributed by atoms with Crippen molar-refractivity contribution in [1.82, 2.24) is 9.88 Å². The van der Waals surface area contributed by atoms with Gasteiger partial charge in [0.2, 0.25) is 0 Å². The zero-order valence-corrected chi connectivity index (χ0v) is 9.76. The lowest BCUT2D eigenvalue weighted by Crippen LogP contribution is -2.21. The second-order valence-corrected chi connectivity index (χ2v) is 4.12. The number of halogens is 2. The van der Waals surface area contributed by atoms with E-state index in [9.17, 15) is 0 Å². The van der Waals surface area contributed by atoms with Gasteiger partial charge in [0.15, 0.2) is 0 Å². The van der Waals surface area contributed by atoms with Crippen molar-refractivity contribution in [2.45, 2.75) is 0 Å². The van der Waals surface area contributed by atoms with Gasteiger partial charge in [-0.25, -0.2) is 0 Å². The highest BCUT2D eigenvalue weighted by atomic mass is 35.5. The Labute approximate surface area is 98.8 Å². The molecule has 1 aromatic rings. The molecule has 0 saturated carbocycles. The van der Waals surface area contributed by atoms with Crippen LogP contribution in [0.2, 0.25) is 0 Å². The van der Waals surface area contributed by atoms with Crippen LogP contribution >= 0.6 is 23.2 Å².